The second-order valence-electron chi connectivity index (χ2n) is 5.55. The molecule has 2 aromatic carbocycles. The second kappa shape index (κ2) is 5.70. The number of hydrogen-bond donors (Lipinski definition) is 1. The van der Waals surface area contributed by atoms with Crippen LogP contribution in [-0.2, 0) is 4.79 Å². The van der Waals surface area contributed by atoms with E-state index in [1.54, 1.807) is 0 Å². The van der Waals surface area contributed by atoms with Crippen molar-refractivity contribution in [3.8, 4) is 11.1 Å². The quantitative estimate of drug-likeness (QED) is 0.911. The summed E-state index contributed by atoms with van der Waals surface area (Å²) in [4.78, 5) is 12.9. The molecular weight excluding hydrogens is 262 g/mol. The maximum Gasteiger partial charge on any atom is 0.303 e. The zero-order valence-corrected chi connectivity index (χ0v) is 12.1. The van der Waals surface area contributed by atoms with Gasteiger partial charge in [-0.2, -0.15) is 0 Å². The molecule has 1 aliphatic rings. The first kappa shape index (κ1) is 13.8. The molecule has 3 rings (SSSR count). The van der Waals surface area contributed by atoms with E-state index in [-0.39, 0.29) is 12.5 Å². The first-order valence-electron chi connectivity index (χ1n) is 7.28. The maximum absolute atomic E-state index is 10.7. The van der Waals surface area contributed by atoms with Crippen molar-refractivity contribution >= 4 is 5.97 Å². The molecule has 1 N–H and O–H groups in total. The number of fused-ring (bicyclic) bond motifs is 3. The molecule has 0 unspecified atom stereocenters. The van der Waals surface area contributed by atoms with Crippen molar-refractivity contribution in [2.75, 3.05) is 13.6 Å². The maximum atomic E-state index is 10.7. The Labute approximate surface area is 124 Å². The van der Waals surface area contributed by atoms with Crippen molar-refractivity contribution < 1.29 is 9.90 Å². The summed E-state index contributed by atoms with van der Waals surface area (Å²) in [6.45, 7) is 0.777. The molecule has 0 aliphatic heterocycles. The molecular formula is C18H19NO2. The van der Waals surface area contributed by atoms with E-state index in [0.29, 0.717) is 6.42 Å². The fourth-order valence-corrected chi connectivity index (χ4v) is 3.21. The van der Waals surface area contributed by atoms with Gasteiger partial charge in [0.15, 0.2) is 0 Å². The Kier molecular flexibility index (Phi) is 3.76. The fourth-order valence-electron chi connectivity index (χ4n) is 3.21. The first-order valence-corrected chi connectivity index (χ1v) is 7.28. The van der Waals surface area contributed by atoms with E-state index >= 15 is 0 Å². The minimum atomic E-state index is -0.726. The summed E-state index contributed by atoms with van der Waals surface area (Å²) in [6.07, 6.45) is 0.896. The highest BCUT2D eigenvalue weighted by Crippen LogP contribution is 2.45. The molecule has 0 atom stereocenters. The number of nitrogens with zero attached hydrogens (tertiary/aromatic N) is 1. The predicted molar refractivity (Wildman–Crippen MR) is 83.2 cm³/mol. The third-order valence-electron chi connectivity index (χ3n) is 4.14. The van der Waals surface area contributed by atoms with Crippen LogP contribution in [0, 0.1) is 0 Å². The largest absolute Gasteiger partial charge is 0.481 e. The summed E-state index contributed by atoms with van der Waals surface area (Å²) < 4.78 is 0. The Bertz CT molecular complexity index is 620. The van der Waals surface area contributed by atoms with Crippen LogP contribution >= 0.6 is 0 Å². The van der Waals surface area contributed by atoms with Crippen LogP contribution in [0.2, 0.25) is 0 Å². The average Bonchev–Trinajstić information content (AvgIpc) is 2.81. The van der Waals surface area contributed by atoms with Crippen molar-refractivity contribution in [1.82, 2.24) is 4.90 Å². The lowest BCUT2D eigenvalue weighted by Gasteiger charge is -2.26. The van der Waals surface area contributed by atoms with Gasteiger partial charge in [-0.05, 0) is 42.3 Å². The minimum Gasteiger partial charge on any atom is -0.481 e. The van der Waals surface area contributed by atoms with Gasteiger partial charge in [-0.25, -0.2) is 0 Å². The molecule has 3 heteroatoms. The van der Waals surface area contributed by atoms with Crippen LogP contribution in [-0.4, -0.2) is 29.6 Å². The van der Waals surface area contributed by atoms with E-state index in [0.717, 1.165) is 6.54 Å². The van der Waals surface area contributed by atoms with Gasteiger partial charge in [-0.3, -0.25) is 9.69 Å². The molecule has 0 radical (unpaired) electrons. The van der Waals surface area contributed by atoms with Gasteiger partial charge in [0, 0.05) is 6.42 Å². The van der Waals surface area contributed by atoms with E-state index in [9.17, 15) is 4.79 Å². The highest BCUT2D eigenvalue weighted by molar-refractivity contribution is 5.78. The van der Waals surface area contributed by atoms with Crippen LogP contribution < -0.4 is 0 Å². The van der Waals surface area contributed by atoms with Crippen LogP contribution in [0.1, 0.15) is 30.0 Å². The Balaban J connectivity index is 1.89. The first-order chi connectivity index (χ1) is 10.2. The van der Waals surface area contributed by atoms with E-state index in [1.807, 2.05) is 0 Å². The third-order valence-corrected chi connectivity index (χ3v) is 4.14. The summed E-state index contributed by atoms with van der Waals surface area (Å²) in [7, 11) is 2.07. The number of carboxylic acid groups (broad SMARTS) is 1. The van der Waals surface area contributed by atoms with Gasteiger partial charge < -0.3 is 5.11 Å². The molecule has 0 bridgehead atoms. The highest BCUT2D eigenvalue weighted by Gasteiger charge is 2.30. The minimum absolute atomic E-state index is 0.223. The molecule has 2 aromatic rings. The monoisotopic (exact) mass is 281 g/mol. The smallest absolute Gasteiger partial charge is 0.303 e. The Hall–Kier alpha value is -2.13. The van der Waals surface area contributed by atoms with Gasteiger partial charge in [0.25, 0.3) is 0 Å². The van der Waals surface area contributed by atoms with Crippen LogP contribution in [0.5, 0.6) is 0 Å². The number of hydrogen-bond acceptors (Lipinski definition) is 2. The predicted octanol–water partition coefficient (Wildman–Crippen LogP) is 3.55. The van der Waals surface area contributed by atoms with E-state index < -0.39 is 5.97 Å². The normalized spacial score (nSPS) is 13.2. The number of benzene rings is 2. The van der Waals surface area contributed by atoms with Crippen molar-refractivity contribution in [1.29, 1.82) is 0 Å². The molecule has 108 valence electrons. The molecule has 0 amide bonds. The molecule has 3 nitrogen and oxygen atoms in total. The fraction of sp³-hybridized carbons (Fsp3) is 0.278. The lowest BCUT2D eigenvalue weighted by molar-refractivity contribution is -0.137. The van der Waals surface area contributed by atoms with Crippen molar-refractivity contribution in [3.05, 3.63) is 59.7 Å². The summed E-state index contributed by atoms with van der Waals surface area (Å²) in [5.41, 5.74) is 5.22. The molecule has 0 fully saturated rings. The number of aliphatic carboxylic acids is 1. The number of carboxylic acids is 1. The standard InChI is InChI=1S/C18H19NO2/c1-19(12-6-11-17(20)21)18-15-9-4-2-7-13(15)14-8-3-5-10-16(14)18/h2-5,7-10,18H,6,11-12H2,1H3,(H,20,21). The average molecular weight is 281 g/mol. The lowest BCUT2D eigenvalue weighted by atomic mass is 10.0. The Morgan fingerprint density at radius 1 is 1.05 bits per heavy atom. The zero-order chi connectivity index (χ0) is 14.8. The number of rotatable bonds is 5. The molecule has 0 spiro atoms. The van der Waals surface area contributed by atoms with Crippen LogP contribution in [0.4, 0.5) is 0 Å². The summed E-state index contributed by atoms with van der Waals surface area (Å²) in [6, 6.07) is 17.2. The van der Waals surface area contributed by atoms with Crippen LogP contribution in [0.25, 0.3) is 11.1 Å². The van der Waals surface area contributed by atoms with Crippen LogP contribution in [0.3, 0.4) is 0 Å². The second-order valence-corrected chi connectivity index (χ2v) is 5.55. The summed E-state index contributed by atoms with van der Waals surface area (Å²) in [5, 5.41) is 8.79. The molecule has 0 saturated carbocycles. The Morgan fingerprint density at radius 2 is 1.57 bits per heavy atom. The van der Waals surface area contributed by atoms with Gasteiger partial charge in [0.2, 0.25) is 0 Å². The zero-order valence-electron chi connectivity index (χ0n) is 12.1. The molecule has 0 saturated heterocycles. The van der Waals surface area contributed by atoms with E-state index in [2.05, 4.69) is 60.5 Å². The molecule has 21 heavy (non-hydrogen) atoms. The van der Waals surface area contributed by atoms with Crippen molar-refractivity contribution in [2.24, 2.45) is 0 Å². The van der Waals surface area contributed by atoms with Gasteiger partial charge in [0.1, 0.15) is 0 Å². The lowest BCUT2D eigenvalue weighted by Crippen LogP contribution is -2.25. The SMILES string of the molecule is CN(CCCC(=O)O)C1c2ccccc2-c2ccccc21. The number of carbonyl (C=O) groups is 1. The van der Waals surface area contributed by atoms with Gasteiger partial charge in [0.05, 0.1) is 6.04 Å². The van der Waals surface area contributed by atoms with E-state index in [1.165, 1.54) is 22.3 Å². The molecule has 1 aliphatic carbocycles. The van der Waals surface area contributed by atoms with E-state index in [4.69, 9.17) is 5.11 Å². The van der Waals surface area contributed by atoms with Crippen molar-refractivity contribution in [2.45, 2.75) is 18.9 Å². The van der Waals surface area contributed by atoms with Crippen molar-refractivity contribution in [3.63, 3.8) is 0 Å². The van der Waals surface area contributed by atoms with Gasteiger partial charge >= 0.3 is 5.97 Å². The molecule has 0 heterocycles. The van der Waals surface area contributed by atoms with Gasteiger partial charge in [-0.1, -0.05) is 48.5 Å². The Morgan fingerprint density at radius 3 is 2.10 bits per heavy atom. The summed E-state index contributed by atoms with van der Waals surface area (Å²) in [5.74, 6) is -0.726. The third kappa shape index (κ3) is 2.57. The highest BCUT2D eigenvalue weighted by atomic mass is 16.4. The van der Waals surface area contributed by atoms with Gasteiger partial charge in [-0.15, -0.1) is 0 Å². The summed E-state index contributed by atoms with van der Waals surface area (Å²) >= 11 is 0. The van der Waals surface area contributed by atoms with Crippen LogP contribution in [0.15, 0.2) is 48.5 Å². The molecule has 0 aromatic heterocycles. The topological polar surface area (TPSA) is 40.5 Å².